The van der Waals surface area contributed by atoms with Gasteiger partial charge < -0.3 is 9.15 Å². The maximum absolute atomic E-state index is 5.72. The Morgan fingerprint density at radius 1 is 1.40 bits per heavy atom. The standard InChI is InChI=1S/C17H17NO2/c1-5-12(2)6-7-13(3)11-19-15-8-9-17-16(10-15)18-14(4)20-17/h1,6-10H,11H2,2-4H3/b12-6-,13-7+. The summed E-state index contributed by atoms with van der Waals surface area (Å²) in [6.07, 6.45) is 9.16. The Morgan fingerprint density at radius 3 is 2.95 bits per heavy atom. The third-order valence-electron chi connectivity index (χ3n) is 2.78. The Balaban J connectivity index is 2.04. The Labute approximate surface area is 119 Å². The van der Waals surface area contributed by atoms with E-state index in [0.717, 1.165) is 28.0 Å². The van der Waals surface area contributed by atoms with Gasteiger partial charge in [-0.3, -0.25) is 0 Å². The summed E-state index contributed by atoms with van der Waals surface area (Å²) < 4.78 is 11.1. The van der Waals surface area contributed by atoms with Crippen LogP contribution in [0.2, 0.25) is 0 Å². The zero-order chi connectivity index (χ0) is 14.5. The van der Waals surface area contributed by atoms with Crippen LogP contribution in [0.4, 0.5) is 0 Å². The number of hydrogen-bond donors (Lipinski definition) is 0. The summed E-state index contributed by atoms with van der Waals surface area (Å²) in [6, 6.07) is 5.62. The molecule has 0 atom stereocenters. The van der Waals surface area contributed by atoms with Crippen molar-refractivity contribution in [3.63, 3.8) is 0 Å². The minimum absolute atomic E-state index is 0.511. The predicted molar refractivity (Wildman–Crippen MR) is 80.6 cm³/mol. The van der Waals surface area contributed by atoms with Crippen LogP contribution >= 0.6 is 0 Å². The third-order valence-corrected chi connectivity index (χ3v) is 2.78. The fourth-order valence-electron chi connectivity index (χ4n) is 1.67. The molecule has 0 N–H and O–H groups in total. The molecule has 0 spiro atoms. The molecule has 0 aliphatic carbocycles. The van der Waals surface area contributed by atoms with Crippen molar-refractivity contribution < 1.29 is 9.15 Å². The van der Waals surface area contributed by atoms with E-state index in [4.69, 9.17) is 15.6 Å². The summed E-state index contributed by atoms with van der Waals surface area (Å²) in [5.74, 6) is 4.00. The van der Waals surface area contributed by atoms with E-state index in [1.54, 1.807) is 0 Å². The highest BCUT2D eigenvalue weighted by molar-refractivity contribution is 5.74. The highest BCUT2D eigenvalue weighted by atomic mass is 16.5. The average molecular weight is 267 g/mol. The lowest BCUT2D eigenvalue weighted by Gasteiger charge is -2.05. The van der Waals surface area contributed by atoms with Crippen molar-refractivity contribution in [2.45, 2.75) is 20.8 Å². The van der Waals surface area contributed by atoms with Gasteiger partial charge in [-0.25, -0.2) is 4.98 Å². The number of aromatic nitrogens is 1. The minimum atomic E-state index is 0.511. The molecule has 0 saturated carbocycles. The molecule has 0 radical (unpaired) electrons. The zero-order valence-electron chi connectivity index (χ0n) is 11.9. The number of oxazole rings is 1. The van der Waals surface area contributed by atoms with Gasteiger partial charge in [0.15, 0.2) is 11.5 Å². The molecule has 1 aromatic heterocycles. The average Bonchev–Trinajstić information content (AvgIpc) is 2.81. The summed E-state index contributed by atoms with van der Waals surface area (Å²) >= 11 is 0. The molecule has 2 rings (SSSR count). The van der Waals surface area contributed by atoms with E-state index in [-0.39, 0.29) is 0 Å². The van der Waals surface area contributed by atoms with Gasteiger partial charge in [-0.05, 0) is 37.1 Å². The lowest BCUT2D eigenvalue weighted by Crippen LogP contribution is -1.98. The number of terminal acetylenes is 1. The van der Waals surface area contributed by atoms with Crippen LogP contribution < -0.4 is 4.74 Å². The summed E-state index contributed by atoms with van der Waals surface area (Å²) in [6.45, 7) is 6.23. The summed E-state index contributed by atoms with van der Waals surface area (Å²) in [5, 5.41) is 0. The second-order valence-electron chi connectivity index (χ2n) is 4.66. The number of allylic oxidation sites excluding steroid dienone is 3. The first-order chi connectivity index (χ1) is 9.58. The van der Waals surface area contributed by atoms with Crippen LogP contribution in [-0.2, 0) is 0 Å². The number of fused-ring (bicyclic) bond motifs is 1. The van der Waals surface area contributed by atoms with Crippen molar-refractivity contribution in [2.24, 2.45) is 0 Å². The number of aryl methyl sites for hydroxylation is 1. The highest BCUT2D eigenvalue weighted by Gasteiger charge is 2.03. The van der Waals surface area contributed by atoms with E-state index in [1.807, 2.05) is 51.1 Å². The summed E-state index contributed by atoms with van der Waals surface area (Å²) in [5.41, 5.74) is 3.57. The third kappa shape index (κ3) is 3.52. The molecule has 0 fully saturated rings. The van der Waals surface area contributed by atoms with Crippen molar-refractivity contribution in [1.82, 2.24) is 4.98 Å². The van der Waals surface area contributed by atoms with E-state index in [2.05, 4.69) is 10.9 Å². The van der Waals surface area contributed by atoms with Crippen molar-refractivity contribution >= 4 is 11.1 Å². The first kappa shape index (κ1) is 14.0. The van der Waals surface area contributed by atoms with Gasteiger partial charge in [0.25, 0.3) is 0 Å². The lowest BCUT2D eigenvalue weighted by molar-refractivity contribution is 0.352. The fraction of sp³-hybridized carbons (Fsp3) is 0.235. The molecule has 0 aliphatic heterocycles. The second kappa shape index (κ2) is 6.12. The molecule has 20 heavy (non-hydrogen) atoms. The van der Waals surface area contributed by atoms with Crippen LogP contribution in [0.5, 0.6) is 5.75 Å². The van der Waals surface area contributed by atoms with Crippen molar-refractivity contribution in [3.05, 3.63) is 47.4 Å². The van der Waals surface area contributed by atoms with Gasteiger partial charge in [0.1, 0.15) is 17.9 Å². The first-order valence-corrected chi connectivity index (χ1v) is 6.39. The predicted octanol–water partition coefficient (Wildman–Crippen LogP) is 4.04. The monoisotopic (exact) mass is 267 g/mol. The molecule has 0 saturated heterocycles. The van der Waals surface area contributed by atoms with Gasteiger partial charge in [-0.15, -0.1) is 6.42 Å². The van der Waals surface area contributed by atoms with Crippen molar-refractivity contribution in [3.8, 4) is 18.1 Å². The second-order valence-corrected chi connectivity index (χ2v) is 4.66. The zero-order valence-corrected chi connectivity index (χ0v) is 11.9. The normalized spacial score (nSPS) is 12.5. The Hall–Kier alpha value is -2.47. The molecule has 0 unspecified atom stereocenters. The van der Waals surface area contributed by atoms with Gasteiger partial charge in [0, 0.05) is 13.0 Å². The van der Waals surface area contributed by atoms with Gasteiger partial charge in [-0.1, -0.05) is 18.1 Å². The molecule has 0 amide bonds. The topological polar surface area (TPSA) is 35.3 Å². The SMILES string of the molecule is C#C/C(C)=C\C=C(/C)COc1ccc2oc(C)nc2c1. The fourth-order valence-corrected chi connectivity index (χ4v) is 1.67. The van der Waals surface area contributed by atoms with Crippen LogP contribution in [0.1, 0.15) is 19.7 Å². The Bertz CT molecular complexity index is 714. The minimum Gasteiger partial charge on any atom is -0.489 e. The maximum Gasteiger partial charge on any atom is 0.192 e. The largest absolute Gasteiger partial charge is 0.489 e. The molecule has 1 heterocycles. The lowest BCUT2D eigenvalue weighted by atomic mass is 10.2. The molecule has 2 aromatic rings. The van der Waals surface area contributed by atoms with Gasteiger partial charge in [0.05, 0.1) is 0 Å². The van der Waals surface area contributed by atoms with Crippen LogP contribution in [0.25, 0.3) is 11.1 Å². The first-order valence-electron chi connectivity index (χ1n) is 6.39. The Kier molecular flexibility index (Phi) is 4.27. The smallest absolute Gasteiger partial charge is 0.192 e. The molecule has 3 nitrogen and oxygen atoms in total. The quantitative estimate of drug-likeness (QED) is 0.619. The molecule has 102 valence electrons. The highest BCUT2D eigenvalue weighted by Crippen LogP contribution is 2.21. The summed E-state index contributed by atoms with van der Waals surface area (Å²) in [4.78, 5) is 4.28. The molecular formula is C17H17NO2. The van der Waals surface area contributed by atoms with E-state index in [9.17, 15) is 0 Å². The molecular weight excluding hydrogens is 250 g/mol. The van der Waals surface area contributed by atoms with E-state index < -0.39 is 0 Å². The number of rotatable bonds is 4. The number of nitrogens with zero attached hydrogens (tertiary/aromatic N) is 1. The molecule has 3 heteroatoms. The van der Waals surface area contributed by atoms with E-state index >= 15 is 0 Å². The van der Waals surface area contributed by atoms with E-state index in [0.29, 0.717) is 12.5 Å². The van der Waals surface area contributed by atoms with Crippen molar-refractivity contribution in [2.75, 3.05) is 6.61 Å². The molecule has 0 bridgehead atoms. The summed E-state index contributed by atoms with van der Waals surface area (Å²) in [7, 11) is 0. The van der Waals surface area contributed by atoms with Gasteiger partial charge in [-0.2, -0.15) is 0 Å². The van der Waals surface area contributed by atoms with Crippen LogP contribution in [0, 0.1) is 19.3 Å². The number of ether oxygens (including phenoxy) is 1. The maximum atomic E-state index is 5.72. The Morgan fingerprint density at radius 2 is 2.20 bits per heavy atom. The van der Waals surface area contributed by atoms with Crippen LogP contribution in [0.15, 0.2) is 45.9 Å². The molecule has 1 aromatic carbocycles. The van der Waals surface area contributed by atoms with Crippen molar-refractivity contribution in [1.29, 1.82) is 0 Å². The number of hydrogen-bond acceptors (Lipinski definition) is 3. The van der Waals surface area contributed by atoms with Crippen LogP contribution in [0.3, 0.4) is 0 Å². The molecule has 0 aliphatic rings. The van der Waals surface area contributed by atoms with Crippen LogP contribution in [-0.4, -0.2) is 11.6 Å². The number of benzene rings is 1. The van der Waals surface area contributed by atoms with E-state index in [1.165, 1.54) is 0 Å². The van der Waals surface area contributed by atoms with Gasteiger partial charge >= 0.3 is 0 Å². The van der Waals surface area contributed by atoms with Gasteiger partial charge in [0.2, 0.25) is 0 Å².